The topological polar surface area (TPSA) is 45.9 Å². The average Bonchev–Trinajstić information content (AvgIpc) is 3.08. The quantitative estimate of drug-likeness (QED) is 0.604. The first-order valence-corrected chi connectivity index (χ1v) is 8.26. The van der Waals surface area contributed by atoms with Crippen molar-refractivity contribution in [2.75, 3.05) is 7.11 Å². The SMILES string of the molecule is COc1nc(-c2cccs2)cc(-c2ccc(Cl)cc2Cl)c1C#N. The summed E-state index contributed by atoms with van der Waals surface area (Å²) in [5, 5.41) is 12.5. The molecule has 23 heavy (non-hydrogen) atoms. The molecule has 2 aromatic heterocycles. The number of rotatable bonds is 3. The maximum absolute atomic E-state index is 9.52. The number of nitriles is 1. The Labute approximate surface area is 147 Å². The number of methoxy groups -OCH3 is 1. The van der Waals surface area contributed by atoms with Crippen LogP contribution in [0.4, 0.5) is 0 Å². The van der Waals surface area contributed by atoms with Gasteiger partial charge in [0.15, 0.2) is 0 Å². The van der Waals surface area contributed by atoms with Crippen molar-refractivity contribution in [2.45, 2.75) is 0 Å². The van der Waals surface area contributed by atoms with Crippen molar-refractivity contribution < 1.29 is 4.74 Å². The van der Waals surface area contributed by atoms with Gasteiger partial charge in [0, 0.05) is 21.2 Å². The second-order valence-corrected chi connectivity index (χ2v) is 6.44. The van der Waals surface area contributed by atoms with Gasteiger partial charge in [0.2, 0.25) is 5.88 Å². The first-order valence-electron chi connectivity index (χ1n) is 6.62. The van der Waals surface area contributed by atoms with E-state index in [9.17, 15) is 5.26 Å². The van der Waals surface area contributed by atoms with E-state index in [1.54, 1.807) is 29.5 Å². The summed E-state index contributed by atoms with van der Waals surface area (Å²) in [7, 11) is 1.49. The molecule has 0 unspecified atom stereocenters. The molecule has 2 heterocycles. The van der Waals surface area contributed by atoms with Crippen LogP contribution in [0.3, 0.4) is 0 Å². The Hall–Kier alpha value is -2.06. The van der Waals surface area contributed by atoms with Crippen molar-refractivity contribution in [2.24, 2.45) is 0 Å². The molecule has 0 aliphatic carbocycles. The van der Waals surface area contributed by atoms with Crippen LogP contribution in [-0.2, 0) is 0 Å². The van der Waals surface area contributed by atoms with E-state index < -0.39 is 0 Å². The molecular weight excluding hydrogens is 351 g/mol. The Morgan fingerprint density at radius 3 is 2.61 bits per heavy atom. The van der Waals surface area contributed by atoms with E-state index in [1.165, 1.54) is 7.11 Å². The van der Waals surface area contributed by atoms with Crippen molar-refractivity contribution >= 4 is 34.5 Å². The highest BCUT2D eigenvalue weighted by Crippen LogP contribution is 2.38. The maximum Gasteiger partial charge on any atom is 0.232 e. The van der Waals surface area contributed by atoms with Crippen LogP contribution in [0.5, 0.6) is 5.88 Å². The number of benzene rings is 1. The minimum atomic E-state index is 0.277. The third-order valence-electron chi connectivity index (χ3n) is 3.29. The number of nitrogens with zero attached hydrogens (tertiary/aromatic N) is 2. The third-order valence-corrected chi connectivity index (χ3v) is 4.73. The highest BCUT2D eigenvalue weighted by atomic mass is 35.5. The van der Waals surface area contributed by atoms with Crippen molar-refractivity contribution in [3.63, 3.8) is 0 Å². The molecule has 0 aliphatic heterocycles. The Morgan fingerprint density at radius 1 is 1.17 bits per heavy atom. The first kappa shape index (κ1) is 15.8. The summed E-state index contributed by atoms with van der Waals surface area (Å²) in [5.74, 6) is 0.277. The number of halogens is 2. The monoisotopic (exact) mass is 360 g/mol. The number of pyridine rings is 1. The van der Waals surface area contributed by atoms with Crippen molar-refractivity contribution in [1.82, 2.24) is 4.98 Å². The molecule has 1 aromatic carbocycles. The van der Waals surface area contributed by atoms with E-state index in [4.69, 9.17) is 27.9 Å². The number of hydrogen-bond acceptors (Lipinski definition) is 4. The molecule has 0 atom stereocenters. The van der Waals surface area contributed by atoms with Gasteiger partial charge in [-0.25, -0.2) is 4.98 Å². The van der Waals surface area contributed by atoms with E-state index in [-0.39, 0.29) is 5.88 Å². The van der Waals surface area contributed by atoms with Gasteiger partial charge in [0.1, 0.15) is 11.6 Å². The molecule has 6 heteroatoms. The summed E-state index contributed by atoms with van der Waals surface area (Å²) in [5.41, 5.74) is 2.46. The molecule has 0 amide bonds. The largest absolute Gasteiger partial charge is 0.480 e. The van der Waals surface area contributed by atoms with Gasteiger partial charge in [-0.15, -0.1) is 11.3 Å². The van der Waals surface area contributed by atoms with Crippen molar-refractivity contribution in [3.8, 4) is 33.6 Å². The lowest BCUT2D eigenvalue weighted by molar-refractivity contribution is 0.397. The molecule has 0 radical (unpaired) electrons. The lowest BCUT2D eigenvalue weighted by Gasteiger charge is -2.12. The van der Waals surface area contributed by atoms with Crippen LogP contribution >= 0.6 is 34.5 Å². The lowest BCUT2D eigenvalue weighted by Crippen LogP contribution is -1.97. The standard InChI is InChI=1S/C17H10Cl2N2OS/c1-22-17-13(9-20)12(11-5-4-10(18)7-14(11)19)8-15(21-17)16-3-2-6-23-16/h2-8H,1H3. The second kappa shape index (κ2) is 6.59. The summed E-state index contributed by atoms with van der Waals surface area (Å²) >= 11 is 13.8. The summed E-state index contributed by atoms with van der Waals surface area (Å²) < 4.78 is 5.30. The number of thiophene rings is 1. The highest BCUT2D eigenvalue weighted by molar-refractivity contribution is 7.13. The number of aromatic nitrogens is 1. The zero-order chi connectivity index (χ0) is 16.4. The molecule has 0 spiro atoms. The Balaban J connectivity index is 2.30. The number of ether oxygens (including phenoxy) is 1. The third kappa shape index (κ3) is 3.04. The van der Waals surface area contributed by atoms with Crippen LogP contribution in [-0.4, -0.2) is 12.1 Å². The summed E-state index contributed by atoms with van der Waals surface area (Å²) in [6, 6.07) is 13.1. The van der Waals surface area contributed by atoms with Gasteiger partial charge in [-0.1, -0.05) is 35.3 Å². The van der Waals surface area contributed by atoms with Crippen LogP contribution in [0, 0.1) is 11.3 Å². The predicted octanol–water partition coefficient (Wildman–Crippen LogP) is 5.66. The minimum absolute atomic E-state index is 0.277. The van der Waals surface area contributed by atoms with Crippen molar-refractivity contribution in [1.29, 1.82) is 5.26 Å². The van der Waals surface area contributed by atoms with E-state index in [1.807, 2.05) is 23.6 Å². The zero-order valence-corrected chi connectivity index (χ0v) is 14.3. The predicted molar refractivity (Wildman–Crippen MR) is 94.3 cm³/mol. The van der Waals surface area contributed by atoms with Gasteiger partial charge in [0.25, 0.3) is 0 Å². The van der Waals surface area contributed by atoms with E-state index in [0.29, 0.717) is 26.7 Å². The summed E-state index contributed by atoms with van der Waals surface area (Å²) in [4.78, 5) is 5.42. The van der Waals surface area contributed by atoms with Crippen LogP contribution in [0.1, 0.15) is 5.56 Å². The van der Waals surface area contributed by atoms with E-state index in [0.717, 1.165) is 10.6 Å². The van der Waals surface area contributed by atoms with Crippen LogP contribution in [0.15, 0.2) is 41.8 Å². The van der Waals surface area contributed by atoms with E-state index in [2.05, 4.69) is 11.1 Å². The second-order valence-electron chi connectivity index (χ2n) is 4.65. The summed E-state index contributed by atoms with van der Waals surface area (Å²) in [6.45, 7) is 0. The van der Waals surface area contributed by atoms with Gasteiger partial charge in [-0.2, -0.15) is 5.26 Å². The van der Waals surface area contributed by atoms with Gasteiger partial charge >= 0.3 is 0 Å². The Bertz CT molecular complexity index is 902. The molecule has 0 aliphatic rings. The lowest BCUT2D eigenvalue weighted by atomic mass is 10.00. The fourth-order valence-corrected chi connectivity index (χ4v) is 3.44. The van der Waals surface area contributed by atoms with Gasteiger partial charge in [-0.05, 0) is 29.6 Å². The molecule has 0 bridgehead atoms. The highest BCUT2D eigenvalue weighted by Gasteiger charge is 2.18. The van der Waals surface area contributed by atoms with Crippen LogP contribution < -0.4 is 4.74 Å². The van der Waals surface area contributed by atoms with Gasteiger partial charge in [-0.3, -0.25) is 0 Å². The minimum Gasteiger partial charge on any atom is -0.480 e. The molecule has 3 aromatic rings. The van der Waals surface area contributed by atoms with E-state index >= 15 is 0 Å². The Morgan fingerprint density at radius 2 is 2.00 bits per heavy atom. The molecule has 0 saturated heterocycles. The normalized spacial score (nSPS) is 10.3. The molecule has 0 saturated carbocycles. The average molecular weight is 361 g/mol. The van der Waals surface area contributed by atoms with Crippen molar-refractivity contribution in [3.05, 3.63) is 57.4 Å². The molecule has 3 nitrogen and oxygen atoms in total. The zero-order valence-electron chi connectivity index (χ0n) is 12.0. The van der Waals surface area contributed by atoms with Gasteiger partial charge in [0.05, 0.1) is 17.7 Å². The summed E-state index contributed by atoms with van der Waals surface area (Å²) in [6.07, 6.45) is 0. The molecular formula is C17H10Cl2N2OS. The van der Waals surface area contributed by atoms with Crippen LogP contribution in [0.2, 0.25) is 10.0 Å². The maximum atomic E-state index is 9.52. The number of hydrogen-bond donors (Lipinski definition) is 0. The molecule has 3 rings (SSSR count). The Kier molecular flexibility index (Phi) is 4.53. The molecule has 0 fully saturated rings. The van der Waals surface area contributed by atoms with Gasteiger partial charge < -0.3 is 4.74 Å². The molecule has 114 valence electrons. The van der Waals surface area contributed by atoms with Crippen LogP contribution in [0.25, 0.3) is 21.7 Å². The fourth-order valence-electron chi connectivity index (χ4n) is 2.25. The first-order chi connectivity index (χ1) is 11.1. The smallest absolute Gasteiger partial charge is 0.232 e. The molecule has 0 N–H and O–H groups in total. The fraction of sp³-hybridized carbons (Fsp3) is 0.0588.